The van der Waals surface area contributed by atoms with Crippen LogP contribution in [0.4, 0.5) is 5.69 Å². The molecule has 1 fully saturated rings. The molecule has 1 unspecified atom stereocenters. The summed E-state index contributed by atoms with van der Waals surface area (Å²) in [5, 5.41) is 17.2. The number of hydrogen-bond acceptors (Lipinski definition) is 4. The van der Waals surface area contributed by atoms with E-state index in [0.717, 1.165) is 0 Å². The van der Waals surface area contributed by atoms with Crippen LogP contribution >= 0.6 is 0 Å². The zero-order valence-corrected chi connectivity index (χ0v) is 9.06. The molecule has 90 valence electrons. The lowest BCUT2D eigenvalue weighted by molar-refractivity contribution is -0.124. The molecule has 1 saturated heterocycles. The van der Waals surface area contributed by atoms with Gasteiger partial charge < -0.3 is 15.7 Å². The summed E-state index contributed by atoms with van der Waals surface area (Å²) in [4.78, 5) is 22.7. The third-order valence-corrected chi connectivity index (χ3v) is 2.46. The number of rotatable bonds is 2. The van der Waals surface area contributed by atoms with E-state index in [-0.39, 0.29) is 30.7 Å². The van der Waals surface area contributed by atoms with E-state index in [1.807, 2.05) is 0 Å². The molecule has 0 bridgehead atoms. The molecule has 1 aliphatic rings. The Kier molecular flexibility index (Phi) is 3.24. The quantitative estimate of drug-likeness (QED) is 0.516. The van der Waals surface area contributed by atoms with E-state index in [0.29, 0.717) is 5.69 Å². The molecule has 1 aromatic rings. The molecule has 0 radical (unpaired) electrons. The lowest BCUT2D eigenvalue weighted by atomic mass is 10.2. The molecule has 0 aliphatic carbocycles. The van der Waals surface area contributed by atoms with Crippen LogP contribution in [0, 0.1) is 0 Å². The van der Waals surface area contributed by atoms with Gasteiger partial charge in [0.05, 0.1) is 6.54 Å². The fourth-order valence-electron chi connectivity index (χ4n) is 1.53. The summed E-state index contributed by atoms with van der Waals surface area (Å²) in [5.41, 5.74) is 0.603. The maximum absolute atomic E-state index is 11.8. The van der Waals surface area contributed by atoms with Gasteiger partial charge in [0.15, 0.2) is 0 Å². The van der Waals surface area contributed by atoms with Gasteiger partial charge in [0.1, 0.15) is 11.8 Å². The number of benzene rings is 1. The maximum atomic E-state index is 11.8. The second kappa shape index (κ2) is 4.84. The van der Waals surface area contributed by atoms with Crippen molar-refractivity contribution in [3.05, 3.63) is 24.3 Å². The number of aromatic hydroxyl groups is 1. The van der Waals surface area contributed by atoms with Crippen LogP contribution < -0.4 is 16.0 Å². The Labute approximate surface area is 98.0 Å². The van der Waals surface area contributed by atoms with Crippen LogP contribution in [0.5, 0.6) is 5.75 Å². The first-order valence-corrected chi connectivity index (χ1v) is 5.25. The minimum absolute atomic E-state index is 0.112. The van der Waals surface area contributed by atoms with Crippen LogP contribution in [0.25, 0.3) is 0 Å². The molecule has 1 atom stereocenters. The number of phenolic OH excluding ortho intramolecular Hbond substituents is 1. The molecule has 6 nitrogen and oxygen atoms in total. The van der Waals surface area contributed by atoms with E-state index in [1.165, 1.54) is 12.1 Å². The van der Waals surface area contributed by atoms with E-state index in [9.17, 15) is 9.59 Å². The number of phenols is 1. The summed E-state index contributed by atoms with van der Waals surface area (Å²) < 4.78 is 0. The van der Waals surface area contributed by atoms with Crippen molar-refractivity contribution in [2.75, 3.05) is 18.4 Å². The van der Waals surface area contributed by atoms with Gasteiger partial charge in [0, 0.05) is 12.2 Å². The van der Waals surface area contributed by atoms with Gasteiger partial charge in [0.25, 0.3) is 0 Å². The fraction of sp³-hybridized carbons (Fsp3) is 0.273. The van der Waals surface area contributed by atoms with Crippen LogP contribution in [0.2, 0.25) is 0 Å². The first kappa shape index (κ1) is 11.4. The van der Waals surface area contributed by atoms with E-state index < -0.39 is 6.04 Å². The SMILES string of the molecule is O=C1CNC(C(=O)Nc2ccc(O)cc2)CN1. The van der Waals surface area contributed by atoms with Crippen molar-refractivity contribution in [3.63, 3.8) is 0 Å². The summed E-state index contributed by atoms with van der Waals surface area (Å²) in [7, 11) is 0. The highest BCUT2D eigenvalue weighted by Crippen LogP contribution is 2.13. The van der Waals surface area contributed by atoms with Gasteiger partial charge in [-0.3, -0.25) is 14.9 Å². The summed E-state index contributed by atoms with van der Waals surface area (Å²) >= 11 is 0. The third-order valence-electron chi connectivity index (χ3n) is 2.46. The van der Waals surface area contributed by atoms with Crippen LogP contribution in [-0.2, 0) is 9.59 Å². The van der Waals surface area contributed by atoms with Crippen LogP contribution in [-0.4, -0.2) is 36.1 Å². The lowest BCUT2D eigenvalue weighted by Crippen LogP contribution is -2.56. The Morgan fingerprint density at radius 3 is 2.65 bits per heavy atom. The average molecular weight is 235 g/mol. The topological polar surface area (TPSA) is 90.5 Å². The standard InChI is InChI=1S/C11H13N3O3/c15-8-3-1-7(2-4-8)14-11(17)9-5-13-10(16)6-12-9/h1-4,9,12,15H,5-6H2,(H,13,16)(H,14,17). The Hall–Kier alpha value is -2.08. The van der Waals surface area contributed by atoms with Crippen molar-refractivity contribution in [3.8, 4) is 5.75 Å². The normalized spacial score (nSPS) is 19.5. The second-order valence-electron chi connectivity index (χ2n) is 3.77. The first-order valence-electron chi connectivity index (χ1n) is 5.25. The van der Waals surface area contributed by atoms with Crippen molar-refractivity contribution < 1.29 is 14.7 Å². The van der Waals surface area contributed by atoms with E-state index >= 15 is 0 Å². The fourth-order valence-corrected chi connectivity index (χ4v) is 1.53. The number of anilines is 1. The summed E-state index contributed by atoms with van der Waals surface area (Å²) in [5.74, 6) is -0.180. The van der Waals surface area contributed by atoms with Gasteiger partial charge in [0.2, 0.25) is 11.8 Å². The molecule has 0 spiro atoms. The second-order valence-corrected chi connectivity index (χ2v) is 3.77. The molecule has 2 amide bonds. The highest BCUT2D eigenvalue weighted by molar-refractivity contribution is 5.96. The predicted molar refractivity (Wildman–Crippen MR) is 61.5 cm³/mol. The number of carbonyl (C=O) groups is 2. The minimum Gasteiger partial charge on any atom is -0.508 e. The van der Waals surface area contributed by atoms with Crippen LogP contribution in [0.15, 0.2) is 24.3 Å². The third kappa shape index (κ3) is 2.94. The molecule has 1 aliphatic heterocycles. The van der Waals surface area contributed by atoms with Crippen LogP contribution in [0.3, 0.4) is 0 Å². The largest absolute Gasteiger partial charge is 0.508 e. The molecule has 17 heavy (non-hydrogen) atoms. The average Bonchev–Trinajstić information content (AvgIpc) is 2.33. The van der Waals surface area contributed by atoms with E-state index in [4.69, 9.17) is 5.11 Å². The number of carbonyl (C=O) groups excluding carboxylic acids is 2. The molecule has 2 rings (SSSR count). The maximum Gasteiger partial charge on any atom is 0.243 e. The Bertz CT molecular complexity index is 420. The van der Waals surface area contributed by atoms with Gasteiger partial charge >= 0.3 is 0 Å². The summed E-state index contributed by atoms with van der Waals surface area (Å²) in [6.45, 7) is 0.427. The smallest absolute Gasteiger partial charge is 0.243 e. The van der Waals surface area contributed by atoms with Gasteiger partial charge in [-0.1, -0.05) is 0 Å². The number of amides is 2. The van der Waals surface area contributed by atoms with E-state index in [1.54, 1.807) is 12.1 Å². The molecule has 6 heteroatoms. The lowest BCUT2D eigenvalue weighted by Gasteiger charge is -2.23. The predicted octanol–water partition coefficient (Wildman–Crippen LogP) is -0.581. The van der Waals surface area contributed by atoms with Crippen molar-refractivity contribution >= 4 is 17.5 Å². The van der Waals surface area contributed by atoms with Gasteiger partial charge in [-0.2, -0.15) is 0 Å². The van der Waals surface area contributed by atoms with Crippen molar-refractivity contribution in [2.45, 2.75) is 6.04 Å². The monoisotopic (exact) mass is 235 g/mol. The Morgan fingerprint density at radius 2 is 2.06 bits per heavy atom. The Balaban J connectivity index is 1.92. The van der Waals surface area contributed by atoms with Crippen molar-refractivity contribution in [1.82, 2.24) is 10.6 Å². The van der Waals surface area contributed by atoms with Crippen molar-refractivity contribution in [1.29, 1.82) is 0 Å². The molecule has 0 aromatic heterocycles. The molecule has 1 aromatic carbocycles. The summed E-state index contributed by atoms with van der Waals surface area (Å²) in [6.07, 6.45) is 0. The zero-order chi connectivity index (χ0) is 12.3. The first-order chi connectivity index (χ1) is 8.15. The number of piperazine rings is 1. The molecular weight excluding hydrogens is 222 g/mol. The molecule has 4 N–H and O–H groups in total. The minimum atomic E-state index is -0.429. The van der Waals surface area contributed by atoms with Crippen molar-refractivity contribution in [2.24, 2.45) is 0 Å². The van der Waals surface area contributed by atoms with Gasteiger partial charge in [-0.05, 0) is 24.3 Å². The molecule has 1 heterocycles. The molecule has 0 saturated carbocycles. The summed E-state index contributed by atoms with van der Waals surface area (Å²) in [6, 6.07) is 5.77. The number of hydrogen-bond donors (Lipinski definition) is 4. The van der Waals surface area contributed by atoms with Gasteiger partial charge in [-0.15, -0.1) is 0 Å². The molecular formula is C11H13N3O3. The van der Waals surface area contributed by atoms with E-state index in [2.05, 4.69) is 16.0 Å². The number of nitrogens with one attached hydrogen (secondary N) is 3. The highest BCUT2D eigenvalue weighted by Gasteiger charge is 2.23. The zero-order valence-electron chi connectivity index (χ0n) is 9.06. The van der Waals surface area contributed by atoms with Gasteiger partial charge in [-0.25, -0.2) is 0 Å². The highest BCUT2D eigenvalue weighted by atomic mass is 16.3. The van der Waals surface area contributed by atoms with Crippen LogP contribution in [0.1, 0.15) is 0 Å². The Morgan fingerprint density at radius 1 is 1.35 bits per heavy atom.